The molecule has 0 aromatic heterocycles. The van der Waals surface area contributed by atoms with E-state index in [-0.39, 0.29) is 12.2 Å². The molecule has 0 bridgehead atoms. The zero-order valence-electron chi connectivity index (χ0n) is 8.12. The lowest BCUT2D eigenvalue weighted by Crippen LogP contribution is -2.23. The summed E-state index contributed by atoms with van der Waals surface area (Å²) in [6, 6.07) is 6.22. The summed E-state index contributed by atoms with van der Waals surface area (Å²) in [5.41, 5.74) is 1.15. The van der Waals surface area contributed by atoms with Crippen molar-refractivity contribution in [1.82, 2.24) is 0 Å². The summed E-state index contributed by atoms with van der Waals surface area (Å²) in [6.45, 7) is 0.648. The van der Waals surface area contributed by atoms with Crippen LogP contribution in [0.15, 0.2) is 22.7 Å². The number of aliphatic hydroxyl groups excluding tert-OH is 1. The molecule has 0 amide bonds. The molecule has 1 N–H and O–H groups in total. The van der Waals surface area contributed by atoms with Crippen molar-refractivity contribution in [1.29, 1.82) is 0 Å². The van der Waals surface area contributed by atoms with Gasteiger partial charge >= 0.3 is 0 Å². The van der Waals surface area contributed by atoms with Gasteiger partial charge in [0.15, 0.2) is 0 Å². The fourth-order valence-corrected chi connectivity index (χ4v) is 3.41. The van der Waals surface area contributed by atoms with Crippen LogP contribution in [0.2, 0.25) is 0 Å². The lowest BCUT2D eigenvalue weighted by atomic mass is 10.00. The van der Waals surface area contributed by atoms with Gasteiger partial charge in [0, 0.05) is 21.1 Å². The molecule has 82 valence electrons. The van der Waals surface area contributed by atoms with Gasteiger partial charge in [0.25, 0.3) is 0 Å². The summed E-state index contributed by atoms with van der Waals surface area (Å²) in [5.74, 6) is 0. The fraction of sp³-hybridized carbons (Fsp3) is 0.455. The molecule has 0 aliphatic carbocycles. The van der Waals surface area contributed by atoms with E-state index in [0.717, 1.165) is 16.5 Å². The van der Waals surface area contributed by atoms with E-state index in [2.05, 4.69) is 56.7 Å². The van der Waals surface area contributed by atoms with Crippen molar-refractivity contribution in [3.8, 4) is 0 Å². The smallest absolute Gasteiger partial charge is 0.0850 e. The van der Waals surface area contributed by atoms with Crippen LogP contribution in [0, 0.1) is 3.57 Å². The number of hydrogen-bond donors (Lipinski definition) is 1. The maximum absolute atomic E-state index is 9.59. The van der Waals surface area contributed by atoms with E-state index in [1.807, 2.05) is 0 Å². The first-order valence-corrected chi connectivity index (χ1v) is 6.78. The number of aliphatic hydroxyl groups is 1. The molecule has 2 nitrogen and oxygen atoms in total. The Morgan fingerprint density at radius 3 is 2.87 bits per heavy atom. The fourth-order valence-electron chi connectivity index (χ4n) is 1.77. The van der Waals surface area contributed by atoms with Crippen molar-refractivity contribution >= 4 is 38.5 Å². The van der Waals surface area contributed by atoms with Crippen molar-refractivity contribution < 1.29 is 9.84 Å². The molecule has 15 heavy (non-hydrogen) atoms. The quantitative estimate of drug-likeness (QED) is 0.755. The van der Waals surface area contributed by atoms with Gasteiger partial charge < -0.3 is 9.84 Å². The van der Waals surface area contributed by atoms with Crippen LogP contribution in [0.1, 0.15) is 24.5 Å². The molecule has 1 aliphatic rings. The average Bonchev–Trinajstić information content (AvgIpc) is 2.16. The summed E-state index contributed by atoms with van der Waals surface area (Å²) >= 11 is 5.76. The number of halogens is 2. The third-order valence-corrected chi connectivity index (χ3v) is 3.59. The largest absolute Gasteiger partial charge is 0.393 e. The Morgan fingerprint density at radius 1 is 1.40 bits per heavy atom. The van der Waals surface area contributed by atoms with E-state index in [4.69, 9.17) is 4.74 Å². The van der Waals surface area contributed by atoms with Crippen LogP contribution in [-0.2, 0) is 4.74 Å². The van der Waals surface area contributed by atoms with Crippen molar-refractivity contribution in [3.05, 3.63) is 31.8 Å². The Labute approximate surface area is 111 Å². The Bertz CT molecular complexity index is 336. The molecule has 1 aromatic rings. The Balaban J connectivity index is 2.20. The van der Waals surface area contributed by atoms with E-state index in [1.54, 1.807) is 0 Å². The molecule has 4 heteroatoms. The van der Waals surface area contributed by atoms with Crippen molar-refractivity contribution in [2.75, 3.05) is 6.61 Å². The molecule has 1 saturated heterocycles. The van der Waals surface area contributed by atoms with Crippen molar-refractivity contribution in [3.63, 3.8) is 0 Å². The minimum absolute atomic E-state index is 0.0414. The lowest BCUT2D eigenvalue weighted by molar-refractivity contribution is -0.0448. The molecular formula is C11H12BrIO2. The zero-order valence-corrected chi connectivity index (χ0v) is 11.9. The van der Waals surface area contributed by atoms with Gasteiger partial charge in [-0.1, -0.05) is 15.9 Å². The van der Waals surface area contributed by atoms with Gasteiger partial charge in [-0.25, -0.2) is 0 Å². The average molecular weight is 383 g/mol. The maximum Gasteiger partial charge on any atom is 0.0850 e. The molecule has 1 aliphatic heterocycles. The van der Waals surface area contributed by atoms with Crippen LogP contribution in [-0.4, -0.2) is 17.8 Å². The van der Waals surface area contributed by atoms with Gasteiger partial charge in [0.1, 0.15) is 0 Å². The van der Waals surface area contributed by atoms with Crippen molar-refractivity contribution in [2.45, 2.75) is 25.0 Å². The summed E-state index contributed by atoms with van der Waals surface area (Å²) in [6.07, 6.45) is 1.27. The molecule has 0 radical (unpaired) electrons. The van der Waals surface area contributed by atoms with Crippen LogP contribution in [0.3, 0.4) is 0 Å². The van der Waals surface area contributed by atoms with Gasteiger partial charge in [-0.15, -0.1) is 0 Å². The topological polar surface area (TPSA) is 29.5 Å². The first-order chi connectivity index (χ1) is 7.15. The molecule has 2 rings (SSSR count). The third-order valence-electron chi connectivity index (χ3n) is 2.51. The lowest BCUT2D eigenvalue weighted by Gasteiger charge is -2.27. The van der Waals surface area contributed by atoms with E-state index >= 15 is 0 Å². The molecular weight excluding hydrogens is 371 g/mol. The van der Waals surface area contributed by atoms with Crippen LogP contribution < -0.4 is 0 Å². The zero-order chi connectivity index (χ0) is 10.8. The Kier molecular flexibility index (Phi) is 4.04. The monoisotopic (exact) mass is 382 g/mol. The third kappa shape index (κ3) is 3.15. The van der Waals surface area contributed by atoms with Gasteiger partial charge in [-0.2, -0.15) is 0 Å². The van der Waals surface area contributed by atoms with E-state index < -0.39 is 0 Å². The normalized spacial score (nSPS) is 26.6. The first-order valence-electron chi connectivity index (χ1n) is 4.91. The van der Waals surface area contributed by atoms with Gasteiger partial charge in [0.05, 0.1) is 12.2 Å². The SMILES string of the molecule is OC1CCOC(c2cc(Br)cc(I)c2)C1. The highest BCUT2D eigenvalue weighted by atomic mass is 127. The molecule has 1 fully saturated rings. The summed E-state index contributed by atoms with van der Waals surface area (Å²) < 4.78 is 7.90. The second kappa shape index (κ2) is 5.12. The first kappa shape index (κ1) is 11.8. The Hall–Kier alpha value is 0.350. The van der Waals surface area contributed by atoms with E-state index in [0.29, 0.717) is 13.0 Å². The predicted molar refractivity (Wildman–Crippen MR) is 70.8 cm³/mol. The predicted octanol–water partition coefficient (Wildman–Crippen LogP) is 3.27. The van der Waals surface area contributed by atoms with Crippen LogP contribution in [0.5, 0.6) is 0 Å². The summed E-state index contributed by atoms with van der Waals surface area (Å²) in [4.78, 5) is 0. The van der Waals surface area contributed by atoms with Gasteiger partial charge in [-0.3, -0.25) is 0 Å². The number of rotatable bonds is 1. The van der Waals surface area contributed by atoms with Gasteiger partial charge in [-0.05, 0) is 52.8 Å². The molecule has 1 aromatic carbocycles. The highest BCUT2D eigenvalue weighted by Crippen LogP contribution is 2.30. The standard InChI is InChI=1S/C11H12BrIO2/c12-8-3-7(4-9(13)5-8)11-6-10(14)1-2-15-11/h3-5,10-11,14H,1-2,6H2. The highest BCUT2D eigenvalue weighted by molar-refractivity contribution is 14.1. The van der Waals surface area contributed by atoms with E-state index in [1.165, 1.54) is 3.57 Å². The summed E-state index contributed by atoms with van der Waals surface area (Å²) in [5, 5.41) is 9.59. The molecule has 0 saturated carbocycles. The maximum atomic E-state index is 9.59. The number of ether oxygens (including phenoxy) is 1. The van der Waals surface area contributed by atoms with Gasteiger partial charge in [0.2, 0.25) is 0 Å². The van der Waals surface area contributed by atoms with Crippen LogP contribution in [0.25, 0.3) is 0 Å². The second-order valence-corrected chi connectivity index (χ2v) is 5.90. The number of benzene rings is 1. The van der Waals surface area contributed by atoms with Crippen LogP contribution in [0.4, 0.5) is 0 Å². The van der Waals surface area contributed by atoms with E-state index in [9.17, 15) is 5.11 Å². The van der Waals surface area contributed by atoms with Crippen LogP contribution >= 0.6 is 38.5 Å². The second-order valence-electron chi connectivity index (χ2n) is 3.74. The highest BCUT2D eigenvalue weighted by Gasteiger charge is 2.22. The number of hydrogen-bond acceptors (Lipinski definition) is 2. The summed E-state index contributed by atoms with van der Waals surface area (Å²) in [7, 11) is 0. The molecule has 2 unspecified atom stereocenters. The molecule has 0 spiro atoms. The minimum Gasteiger partial charge on any atom is -0.393 e. The molecule has 2 atom stereocenters. The Morgan fingerprint density at radius 2 is 2.20 bits per heavy atom. The minimum atomic E-state index is -0.222. The molecule has 1 heterocycles. The van der Waals surface area contributed by atoms with Crippen molar-refractivity contribution in [2.24, 2.45) is 0 Å².